The molecule has 1 heterocycles. The van der Waals surface area contributed by atoms with E-state index in [1.807, 2.05) is 24.3 Å². The third-order valence-corrected chi connectivity index (χ3v) is 5.94. The minimum atomic E-state index is -3.38. The highest BCUT2D eigenvalue weighted by molar-refractivity contribution is 7.91. The minimum absolute atomic E-state index is 0.0219. The Morgan fingerprint density at radius 3 is 2.21 bits per heavy atom. The first-order valence-electron chi connectivity index (χ1n) is 9.01. The van der Waals surface area contributed by atoms with Gasteiger partial charge in [0.25, 0.3) is 0 Å². The van der Waals surface area contributed by atoms with Gasteiger partial charge in [-0.15, -0.1) is 10.2 Å². The highest BCUT2D eigenvalue weighted by Gasteiger charge is 2.14. The first-order valence-corrected chi connectivity index (χ1v) is 10.7. The Morgan fingerprint density at radius 2 is 1.66 bits per heavy atom. The molecule has 0 atom stereocenters. The summed E-state index contributed by atoms with van der Waals surface area (Å²) in [6, 6.07) is 17.5. The van der Waals surface area contributed by atoms with Crippen LogP contribution >= 0.6 is 0 Å². The quantitative estimate of drug-likeness (QED) is 0.641. The van der Waals surface area contributed by atoms with Crippen LogP contribution in [-0.2, 0) is 21.1 Å². The second kappa shape index (κ2) is 8.83. The third kappa shape index (κ3) is 5.17. The van der Waals surface area contributed by atoms with Crippen LogP contribution in [0.1, 0.15) is 12.5 Å². The van der Waals surface area contributed by atoms with Crippen LogP contribution < -0.4 is 10.1 Å². The second-order valence-corrected chi connectivity index (χ2v) is 8.54. The van der Waals surface area contributed by atoms with Gasteiger partial charge in [0, 0.05) is 11.3 Å². The summed E-state index contributed by atoms with van der Waals surface area (Å²) in [7, 11) is -1.78. The highest BCUT2D eigenvalue weighted by Crippen LogP contribution is 2.20. The van der Waals surface area contributed by atoms with Crippen LogP contribution in [0.5, 0.6) is 5.75 Å². The van der Waals surface area contributed by atoms with Crippen molar-refractivity contribution in [3.63, 3.8) is 0 Å². The van der Waals surface area contributed by atoms with E-state index in [4.69, 9.17) is 4.74 Å². The fraction of sp³-hybridized carbons (Fsp3) is 0.190. The van der Waals surface area contributed by atoms with Crippen molar-refractivity contribution >= 4 is 21.4 Å². The molecule has 3 rings (SSSR count). The first-order chi connectivity index (χ1) is 13.9. The van der Waals surface area contributed by atoms with Crippen molar-refractivity contribution in [2.75, 3.05) is 18.2 Å². The molecule has 0 bridgehead atoms. The van der Waals surface area contributed by atoms with E-state index in [9.17, 15) is 13.2 Å². The van der Waals surface area contributed by atoms with Crippen molar-refractivity contribution in [1.29, 1.82) is 0 Å². The maximum absolute atomic E-state index is 12.2. The van der Waals surface area contributed by atoms with E-state index in [1.165, 1.54) is 6.07 Å². The average molecular weight is 411 g/mol. The lowest BCUT2D eigenvalue weighted by atomic mass is 10.1. The number of hydrogen-bond donors (Lipinski definition) is 1. The molecule has 0 saturated heterocycles. The molecule has 0 saturated carbocycles. The smallest absolute Gasteiger partial charge is 0.228 e. The fourth-order valence-corrected chi connectivity index (χ4v) is 3.38. The molecule has 0 unspecified atom stereocenters. The minimum Gasteiger partial charge on any atom is -0.497 e. The van der Waals surface area contributed by atoms with Crippen LogP contribution in [0, 0.1) is 0 Å². The molecule has 0 spiro atoms. The average Bonchev–Trinajstić information content (AvgIpc) is 2.75. The number of anilines is 1. The van der Waals surface area contributed by atoms with Gasteiger partial charge in [0.2, 0.25) is 5.91 Å². The van der Waals surface area contributed by atoms with Gasteiger partial charge in [-0.1, -0.05) is 31.2 Å². The van der Waals surface area contributed by atoms with Crippen LogP contribution in [0.4, 0.5) is 5.69 Å². The lowest BCUT2D eigenvalue weighted by Gasteiger charge is -2.07. The molecule has 1 N–H and O–H groups in total. The molecule has 7 nitrogen and oxygen atoms in total. The lowest BCUT2D eigenvalue weighted by molar-refractivity contribution is -0.115. The zero-order chi connectivity index (χ0) is 20.9. The molecule has 0 aliphatic rings. The van der Waals surface area contributed by atoms with E-state index in [2.05, 4.69) is 15.5 Å². The van der Waals surface area contributed by atoms with Gasteiger partial charge in [0.1, 0.15) is 5.75 Å². The molecule has 0 aliphatic carbocycles. The van der Waals surface area contributed by atoms with Gasteiger partial charge in [-0.05, 0) is 42.0 Å². The number of carbonyl (C=O) groups is 1. The van der Waals surface area contributed by atoms with E-state index in [-0.39, 0.29) is 23.1 Å². The van der Waals surface area contributed by atoms with Gasteiger partial charge >= 0.3 is 0 Å². The Morgan fingerprint density at radius 1 is 0.966 bits per heavy atom. The van der Waals surface area contributed by atoms with Crippen LogP contribution in [0.15, 0.2) is 65.7 Å². The van der Waals surface area contributed by atoms with Crippen LogP contribution in [0.3, 0.4) is 0 Å². The van der Waals surface area contributed by atoms with E-state index in [0.717, 1.165) is 16.9 Å². The SMILES string of the molecule is CCS(=O)(=O)c1ccc(-c2ccc(NC(=O)Cc3ccc(OC)cc3)cc2)nn1. The summed E-state index contributed by atoms with van der Waals surface area (Å²) in [5.74, 6) is 0.594. The topological polar surface area (TPSA) is 98.2 Å². The molecule has 2 aromatic carbocycles. The Kier molecular flexibility index (Phi) is 6.23. The molecule has 150 valence electrons. The van der Waals surface area contributed by atoms with Gasteiger partial charge in [-0.2, -0.15) is 0 Å². The van der Waals surface area contributed by atoms with Crippen molar-refractivity contribution < 1.29 is 17.9 Å². The molecule has 3 aromatic rings. The number of methoxy groups -OCH3 is 1. The van der Waals surface area contributed by atoms with Crippen molar-refractivity contribution in [3.8, 4) is 17.0 Å². The van der Waals surface area contributed by atoms with Crippen molar-refractivity contribution in [1.82, 2.24) is 10.2 Å². The number of carbonyl (C=O) groups excluding carboxylic acids is 1. The predicted octanol–water partition coefficient (Wildman–Crippen LogP) is 3.13. The monoisotopic (exact) mass is 411 g/mol. The number of nitrogens with one attached hydrogen (secondary N) is 1. The zero-order valence-electron chi connectivity index (χ0n) is 16.1. The highest BCUT2D eigenvalue weighted by atomic mass is 32.2. The van der Waals surface area contributed by atoms with Crippen LogP contribution in [-0.4, -0.2) is 37.4 Å². The Hall–Kier alpha value is -3.26. The molecule has 0 fully saturated rings. The number of amides is 1. The molecule has 1 aromatic heterocycles. The van der Waals surface area contributed by atoms with Gasteiger partial charge in [0.05, 0.1) is 25.0 Å². The summed E-state index contributed by atoms with van der Waals surface area (Å²) in [4.78, 5) is 12.2. The largest absolute Gasteiger partial charge is 0.497 e. The number of ether oxygens (including phenoxy) is 1. The molecular weight excluding hydrogens is 390 g/mol. The second-order valence-electron chi connectivity index (χ2n) is 6.31. The third-order valence-electron chi connectivity index (χ3n) is 4.33. The summed E-state index contributed by atoms with van der Waals surface area (Å²) >= 11 is 0. The van der Waals surface area contributed by atoms with E-state index in [1.54, 1.807) is 44.4 Å². The van der Waals surface area contributed by atoms with E-state index in [0.29, 0.717) is 11.4 Å². The van der Waals surface area contributed by atoms with Gasteiger partial charge in [-0.3, -0.25) is 4.79 Å². The van der Waals surface area contributed by atoms with Crippen LogP contribution in [0.25, 0.3) is 11.3 Å². The van der Waals surface area contributed by atoms with Crippen molar-refractivity contribution in [3.05, 3.63) is 66.2 Å². The summed E-state index contributed by atoms with van der Waals surface area (Å²) < 4.78 is 28.7. The molecule has 8 heteroatoms. The number of benzene rings is 2. The van der Waals surface area contributed by atoms with Crippen LogP contribution in [0.2, 0.25) is 0 Å². The molecule has 29 heavy (non-hydrogen) atoms. The van der Waals surface area contributed by atoms with Crippen molar-refractivity contribution in [2.24, 2.45) is 0 Å². The van der Waals surface area contributed by atoms with E-state index < -0.39 is 9.84 Å². The number of hydrogen-bond acceptors (Lipinski definition) is 6. The summed E-state index contributed by atoms with van der Waals surface area (Å²) in [5, 5.41) is 10.6. The number of rotatable bonds is 7. The number of aromatic nitrogens is 2. The first kappa shape index (κ1) is 20.5. The van der Waals surface area contributed by atoms with Gasteiger partial charge < -0.3 is 10.1 Å². The molecular formula is C21H21N3O4S. The summed E-state index contributed by atoms with van der Waals surface area (Å²) in [6.07, 6.45) is 0.255. The summed E-state index contributed by atoms with van der Waals surface area (Å²) in [5.41, 5.74) is 2.87. The Labute approximate surface area is 169 Å². The number of sulfone groups is 1. The number of nitrogens with zero attached hydrogens (tertiary/aromatic N) is 2. The van der Waals surface area contributed by atoms with Gasteiger partial charge in [-0.25, -0.2) is 8.42 Å². The predicted molar refractivity (Wildman–Crippen MR) is 111 cm³/mol. The van der Waals surface area contributed by atoms with Gasteiger partial charge in [0.15, 0.2) is 14.9 Å². The molecule has 1 amide bonds. The maximum Gasteiger partial charge on any atom is 0.228 e. The Bertz CT molecular complexity index is 1080. The maximum atomic E-state index is 12.2. The summed E-state index contributed by atoms with van der Waals surface area (Å²) in [6.45, 7) is 1.56. The standard InChI is InChI=1S/C21H21N3O4S/c1-3-29(26,27)21-13-12-19(23-24-21)16-6-8-17(9-7-16)22-20(25)14-15-4-10-18(28-2)11-5-15/h4-13H,3,14H2,1-2H3,(H,22,25). The van der Waals surface area contributed by atoms with E-state index >= 15 is 0 Å². The molecule has 0 aliphatic heterocycles. The Balaban J connectivity index is 1.64. The van der Waals surface area contributed by atoms with Crippen molar-refractivity contribution in [2.45, 2.75) is 18.4 Å². The zero-order valence-corrected chi connectivity index (χ0v) is 16.9. The fourth-order valence-electron chi connectivity index (χ4n) is 2.65. The lowest BCUT2D eigenvalue weighted by Crippen LogP contribution is -2.14. The normalized spacial score (nSPS) is 11.1. The molecule has 0 radical (unpaired) electrons.